The summed E-state index contributed by atoms with van der Waals surface area (Å²) in [6.45, 7) is 6.40. The van der Waals surface area contributed by atoms with E-state index in [0.29, 0.717) is 38.3 Å². The van der Waals surface area contributed by atoms with Crippen molar-refractivity contribution in [2.45, 2.75) is 26.7 Å². The van der Waals surface area contributed by atoms with Crippen LogP contribution in [0.3, 0.4) is 0 Å². The lowest BCUT2D eigenvalue weighted by Gasteiger charge is -2.34. The summed E-state index contributed by atoms with van der Waals surface area (Å²) in [6.07, 6.45) is 1.26. The summed E-state index contributed by atoms with van der Waals surface area (Å²) in [5.74, 6) is 0.819. The second-order valence-electron chi connectivity index (χ2n) is 7.35. The van der Waals surface area contributed by atoms with Crippen LogP contribution in [0.1, 0.15) is 23.1 Å². The maximum Gasteiger partial charge on any atom is 0.260 e. The molecule has 2 aromatic carbocycles. The molecule has 1 saturated heterocycles. The smallest absolute Gasteiger partial charge is 0.260 e. The third kappa shape index (κ3) is 5.59. The molecule has 28 heavy (non-hydrogen) atoms. The molecule has 148 valence electrons. The third-order valence-electron chi connectivity index (χ3n) is 5.12. The average Bonchev–Trinajstić information content (AvgIpc) is 2.72. The largest absolute Gasteiger partial charge is 0.484 e. The van der Waals surface area contributed by atoms with Crippen LogP contribution >= 0.6 is 0 Å². The summed E-state index contributed by atoms with van der Waals surface area (Å²) in [5.41, 5.74) is 3.56. The molecule has 1 fully saturated rings. The quantitative estimate of drug-likeness (QED) is 0.774. The molecular formula is C23H28N2O3. The normalized spacial score (nSPS) is 14.1. The molecule has 3 rings (SSSR count). The van der Waals surface area contributed by atoms with E-state index in [1.165, 1.54) is 11.1 Å². The highest BCUT2D eigenvalue weighted by Gasteiger charge is 2.24. The molecule has 0 saturated carbocycles. The maximum absolute atomic E-state index is 12.5. The lowest BCUT2D eigenvalue weighted by atomic mass is 10.1. The molecule has 0 radical (unpaired) electrons. The van der Waals surface area contributed by atoms with Gasteiger partial charge in [0.1, 0.15) is 5.75 Å². The van der Waals surface area contributed by atoms with Gasteiger partial charge in [0.25, 0.3) is 5.91 Å². The van der Waals surface area contributed by atoms with E-state index in [1.807, 2.05) is 36.1 Å². The summed E-state index contributed by atoms with van der Waals surface area (Å²) in [5, 5.41) is 0. The molecular weight excluding hydrogens is 352 g/mol. The number of carbonyl (C=O) groups is 2. The van der Waals surface area contributed by atoms with Crippen molar-refractivity contribution >= 4 is 11.8 Å². The van der Waals surface area contributed by atoms with E-state index in [2.05, 4.69) is 31.2 Å². The Hall–Kier alpha value is -2.82. The van der Waals surface area contributed by atoms with Crippen molar-refractivity contribution in [3.05, 3.63) is 65.2 Å². The van der Waals surface area contributed by atoms with Crippen molar-refractivity contribution in [2.24, 2.45) is 0 Å². The van der Waals surface area contributed by atoms with E-state index in [9.17, 15) is 9.59 Å². The van der Waals surface area contributed by atoms with Crippen LogP contribution in [-0.2, 0) is 16.0 Å². The monoisotopic (exact) mass is 380 g/mol. The molecule has 1 aliphatic rings. The molecule has 0 N–H and O–H groups in total. The molecule has 2 amide bonds. The fourth-order valence-corrected chi connectivity index (χ4v) is 3.24. The SMILES string of the molecule is Cc1ccc(CCC(=O)N2CCN(C(=O)COc3ccc(C)cc3)CC2)cc1. The first-order valence-electron chi connectivity index (χ1n) is 9.82. The third-order valence-corrected chi connectivity index (χ3v) is 5.12. The van der Waals surface area contributed by atoms with Gasteiger partial charge < -0.3 is 14.5 Å². The van der Waals surface area contributed by atoms with Crippen molar-refractivity contribution in [1.29, 1.82) is 0 Å². The zero-order valence-corrected chi connectivity index (χ0v) is 16.7. The van der Waals surface area contributed by atoms with Crippen molar-refractivity contribution in [1.82, 2.24) is 9.80 Å². The highest BCUT2D eigenvalue weighted by Crippen LogP contribution is 2.13. The Morgan fingerprint density at radius 2 is 1.29 bits per heavy atom. The van der Waals surface area contributed by atoms with Gasteiger partial charge in [0.15, 0.2) is 6.61 Å². The first-order valence-corrected chi connectivity index (χ1v) is 9.82. The van der Waals surface area contributed by atoms with Crippen LogP contribution in [-0.4, -0.2) is 54.4 Å². The van der Waals surface area contributed by atoms with E-state index < -0.39 is 0 Å². The summed E-state index contributed by atoms with van der Waals surface area (Å²) < 4.78 is 5.57. The number of rotatable bonds is 6. The number of hydrogen-bond donors (Lipinski definition) is 0. The lowest BCUT2D eigenvalue weighted by molar-refractivity contribution is -0.140. The predicted molar refractivity (Wildman–Crippen MR) is 109 cm³/mol. The van der Waals surface area contributed by atoms with Gasteiger partial charge >= 0.3 is 0 Å². The first kappa shape index (κ1) is 19.9. The number of hydrogen-bond acceptors (Lipinski definition) is 3. The van der Waals surface area contributed by atoms with Gasteiger partial charge in [0.05, 0.1) is 0 Å². The summed E-state index contributed by atoms with van der Waals surface area (Å²) in [4.78, 5) is 28.4. The highest BCUT2D eigenvalue weighted by molar-refractivity contribution is 5.79. The molecule has 0 bridgehead atoms. The van der Waals surface area contributed by atoms with Crippen LogP contribution < -0.4 is 4.74 Å². The van der Waals surface area contributed by atoms with E-state index in [1.54, 1.807) is 4.90 Å². The molecule has 0 aliphatic carbocycles. The maximum atomic E-state index is 12.5. The number of carbonyl (C=O) groups excluding carboxylic acids is 2. The van der Waals surface area contributed by atoms with E-state index >= 15 is 0 Å². The summed E-state index contributed by atoms with van der Waals surface area (Å²) in [6, 6.07) is 16.0. The zero-order valence-electron chi connectivity index (χ0n) is 16.7. The Labute approximate surface area is 166 Å². The van der Waals surface area contributed by atoms with Crippen LogP contribution in [0.25, 0.3) is 0 Å². The zero-order chi connectivity index (χ0) is 19.9. The first-order chi connectivity index (χ1) is 13.5. The molecule has 0 spiro atoms. The molecule has 1 aliphatic heterocycles. The number of benzene rings is 2. The number of nitrogens with zero attached hydrogens (tertiary/aromatic N) is 2. The van der Waals surface area contributed by atoms with Crippen molar-refractivity contribution in [2.75, 3.05) is 32.8 Å². The fraction of sp³-hybridized carbons (Fsp3) is 0.391. The van der Waals surface area contributed by atoms with Gasteiger partial charge in [-0.15, -0.1) is 0 Å². The second-order valence-corrected chi connectivity index (χ2v) is 7.35. The number of ether oxygens (including phenoxy) is 1. The molecule has 0 aromatic heterocycles. The molecule has 1 heterocycles. The standard InChI is InChI=1S/C23H28N2O3/c1-18-3-7-20(8-4-18)9-12-22(26)24-13-15-25(16-14-24)23(27)17-28-21-10-5-19(2)6-11-21/h3-8,10-11H,9,12-17H2,1-2H3. The Morgan fingerprint density at radius 3 is 1.86 bits per heavy atom. The van der Waals surface area contributed by atoms with E-state index in [4.69, 9.17) is 4.74 Å². The molecule has 0 atom stereocenters. The Kier molecular flexibility index (Phi) is 6.69. The van der Waals surface area contributed by atoms with Crippen molar-refractivity contribution in [3.63, 3.8) is 0 Å². The topological polar surface area (TPSA) is 49.9 Å². The Morgan fingerprint density at radius 1 is 0.786 bits per heavy atom. The van der Waals surface area contributed by atoms with Gasteiger partial charge in [-0.3, -0.25) is 9.59 Å². The van der Waals surface area contributed by atoms with Gasteiger partial charge in [-0.25, -0.2) is 0 Å². The van der Waals surface area contributed by atoms with E-state index in [0.717, 1.165) is 12.0 Å². The number of amides is 2. The number of aryl methyl sites for hydroxylation is 3. The van der Waals surface area contributed by atoms with Gasteiger partial charge in [-0.05, 0) is 38.0 Å². The minimum atomic E-state index is -0.0349. The van der Waals surface area contributed by atoms with Gasteiger partial charge in [-0.2, -0.15) is 0 Å². The summed E-state index contributed by atoms with van der Waals surface area (Å²) >= 11 is 0. The Bertz CT molecular complexity index is 722. The minimum absolute atomic E-state index is 0.0322. The second kappa shape index (κ2) is 9.40. The van der Waals surface area contributed by atoms with Crippen LogP contribution in [0, 0.1) is 13.8 Å². The van der Waals surface area contributed by atoms with Crippen LogP contribution in [0.15, 0.2) is 48.5 Å². The minimum Gasteiger partial charge on any atom is -0.484 e. The molecule has 2 aromatic rings. The molecule has 5 nitrogen and oxygen atoms in total. The molecule has 0 unspecified atom stereocenters. The van der Waals surface area contributed by atoms with Crippen LogP contribution in [0.5, 0.6) is 5.75 Å². The van der Waals surface area contributed by atoms with Crippen molar-refractivity contribution < 1.29 is 14.3 Å². The Balaban J connectivity index is 1.39. The summed E-state index contributed by atoms with van der Waals surface area (Å²) in [7, 11) is 0. The highest BCUT2D eigenvalue weighted by atomic mass is 16.5. The fourth-order valence-electron chi connectivity index (χ4n) is 3.24. The lowest BCUT2D eigenvalue weighted by Crippen LogP contribution is -2.51. The van der Waals surface area contributed by atoms with Gasteiger partial charge in [0, 0.05) is 32.6 Å². The van der Waals surface area contributed by atoms with Crippen LogP contribution in [0.4, 0.5) is 0 Å². The predicted octanol–water partition coefficient (Wildman–Crippen LogP) is 2.99. The van der Waals surface area contributed by atoms with E-state index in [-0.39, 0.29) is 18.4 Å². The molecule has 5 heteroatoms. The number of piperazine rings is 1. The average molecular weight is 380 g/mol. The van der Waals surface area contributed by atoms with Gasteiger partial charge in [-0.1, -0.05) is 47.5 Å². The van der Waals surface area contributed by atoms with Crippen molar-refractivity contribution in [3.8, 4) is 5.75 Å². The van der Waals surface area contributed by atoms with Crippen LogP contribution in [0.2, 0.25) is 0 Å². The van der Waals surface area contributed by atoms with Gasteiger partial charge in [0.2, 0.25) is 5.91 Å².